The van der Waals surface area contributed by atoms with Gasteiger partial charge >= 0.3 is 0 Å². The lowest BCUT2D eigenvalue weighted by Gasteiger charge is -2.31. The van der Waals surface area contributed by atoms with Crippen molar-refractivity contribution >= 4 is 11.6 Å². The minimum Gasteiger partial charge on any atom is -0.383 e. The average Bonchev–Trinajstić information content (AvgIpc) is 2.46. The van der Waals surface area contributed by atoms with Crippen LogP contribution in [-0.2, 0) is 9.53 Å². The Labute approximate surface area is 114 Å². The molecule has 0 saturated carbocycles. The minimum atomic E-state index is 0.0887. The van der Waals surface area contributed by atoms with Gasteiger partial charge in [0.05, 0.1) is 12.5 Å². The highest BCUT2D eigenvalue weighted by Gasteiger charge is 2.25. The lowest BCUT2D eigenvalue weighted by molar-refractivity contribution is -0.121. The molecule has 0 aliphatic carbocycles. The van der Waals surface area contributed by atoms with E-state index in [4.69, 9.17) is 4.74 Å². The maximum Gasteiger partial charge on any atom is 0.228 e. The number of nitrogens with zero attached hydrogens (tertiary/aromatic N) is 1. The van der Waals surface area contributed by atoms with Gasteiger partial charge in [0.15, 0.2) is 0 Å². The number of ether oxygens (including phenoxy) is 1. The first-order valence-corrected chi connectivity index (χ1v) is 6.87. The number of hydrogen-bond acceptors (Lipinski definition) is 3. The third kappa shape index (κ3) is 4.33. The van der Waals surface area contributed by atoms with Crippen molar-refractivity contribution in [2.75, 3.05) is 38.7 Å². The fourth-order valence-corrected chi connectivity index (χ4v) is 2.46. The third-order valence-electron chi connectivity index (χ3n) is 3.53. The molecule has 1 atom stereocenters. The van der Waals surface area contributed by atoms with E-state index in [9.17, 15) is 4.79 Å². The predicted octanol–water partition coefficient (Wildman–Crippen LogP) is 1.98. The van der Waals surface area contributed by atoms with Crippen LogP contribution in [0.4, 0.5) is 5.69 Å². The Morgan fingerprint density at radius 1 is 1.42 bits per heavy atom. The molecule has 1 unspecified atom stereocenters. The number of amides is 1. The van der Waals surface area contributed by atoms with Crippen LogP contribution in [0.15, 0.2) is 30.3 Å². The van der Waals surface area contributed by atoms with Gasteiger partial charge in [-0.15, -0.1) is 0 Å². The van der Waals surface area contributed by atoms with Gasteiger partial charge in [-0.1, -0.05) is 18.2 Å². The van der Waals surface area contributed by atoms with Crippen LogP contribution in [0.2, 0.25) is 0 Å². The monoisotopic (exact) mass is 262 g/mol. The molecule has 1 fully saturated rings. The molecule has 1 aromatic rings. The Bertz CT molecular complexity index is 394. The molecule has 1 aliphatic heterocycles. The van der Waals surface area contributed by atoms with E-state index in [1.165, 1.54) is 0 Å². The van der Waals surface area contributed by atoms with E-state index < -0.39 is 0 Å². The second-order valence-corrected chi connectivity index (χ2v) is 4.99. The van der Waals surface area contributed by atoms with Crippen LogP contribution in [0.1, 0.15) is 12.8 Å². The fraction of sp³-hybridized carbons (Fsp3) is 0.533. The summed E-state index contributed by atoms with van der Waals surface area (Å²) in [6.07, 6.45) is 2.05. The summed E-state index contributed by atoms with van der Waals surface area (Å²) in [5, 5.41) is 2.99. The van der Waals surface area contributed by atoms with Crippen molar-refractivity contribution < 1.29 is 9.53 Å². The molecule has 104 valence electrons. The first-order chi connectivity index (χ1) is 9.29. The van der Waals surface area contributed by atoms with E-state index in [-0.39, 0.29) is 11.8 Å². The highest BCUT2D eigenvalue weighted by Crippen LogP contribution is 2.18. The molecule has 0 spiro atoms. The summed E-state index contributed by atoms with van der Waals surface area (Å²) in [6.45, 7) is 3.54. The van der Waals surface area contributed by atoms with Crippen molar-refractivity contribution in [2.45, 2.75) is 12.8 Å². The maximum atomic E-state index is 12.2. The van der Waals surface area contributed by atoms with Crippen molar-refractivity contribution in [3.63, 3.8) is 0 Å². The van der Waals surface area contributed by atoms with Crippen LogP contribution in [-0.4, -0.2) is 44.2 Å². The number of likely N-dealkylation sites (tertiary alicyclic amines) is 1. The molecule has 2 rings (SSSR count). The van der Waals surface area contributed by atoms with Crippen molar-refractivity contribution in [1.29, 1.82) is 0 Å². The van der Waals surface area contributed by atoms with Crippen LogP contribution in [0.25, 0.3) is 0 Å². The van der Waals surface area contributed by atoms with E-state index in [0.29, 0.717) is 0 Å². The predicted molar refractivity (Wildman–Crippen MR) is 76.1 cm³/mol. The molecule has 1 aromatic carbocycles. The Hall–Kier alpha value is -1.39. The van der Waals surface area contributed by atoms with E-state index in [0.717, 1.165) is 44.8 Å². The highest BCUT2D eigenvalue weighted by atomic mass is 16.5. The molecule has 0 bridgehead atoms. The molecule has 1 aliphatic rings. The zero-order chi connectivity index (χ0) is 13.5. The van der Waals surface area contributed by atoms with Crippen molar-refractivity contribution in [2.24, 2.45) is 5.92 Å². The number of methoxy groups -OCH3 is 1. The second-order valence-electron chi connectivity index (χ2n) is 4.99. The summed E-state index contributed by atoms with van der Waals surface area (Å²) in [5.41, 5.74) is 0.876. The molecule has 1 N–H and O–H groups in total. The number of piperidine rings is 1. The smallest absolute Gasteiger partial charge is 0.228 e. The summed E-state index contributed by atoms with van der Waals surface area (Å²) >= 11 is 0. The van der Waals surface area contributed by atoms with E-state index in [1.54, 1.807) is 7.11 Å². The molecule has 4 nitrogen and oxygen atoms in total. The van der Waals surface area contributed by atoms with Gasteiger partial charge in [0.1, 0.15) is 0 Å². The van der Waals surface area contributed by atoms with E-state index in [2.05, 4.69) is 10.2 Å². The van der Waals surface area contributed by atoms with Gasteiger partial charge in [-0.3, -0.25) is 4.79 Å². The topological polar surface area (TPSA) is 41.6 Å². The Morgan fingerprint density at radius 3 is 2.95 bits per heavy atom. The number of carbonyl (C=O) groups excluding carboxylic acids is 1. The number of para-hydroxylation sites is 1. The third-order valence-corrected chi connectivity index (χ3v) is 3.53. The lowest BCUT2D eigenvalue weighted by Crippen LogP contribution is -2.41. The molecular weight excluding hydrogens is 240 g/mol. The summed E-state index contributed by atoms with van der Waals surface area (Å²) in [6, 6.07) is 9.65. The van der Waals surface area contributed by atoms with Gasteiger partial charge in [0, 0.05) is 25.9 Å². The standard InChI is InChI=1S/C15H22N2O2/c1-19-11-10-17-9-5-6-13(12-17)15(18)16-14-7-3-2-4-8-14/h2-4,7-8,13H,5-6,9-12H2,1H3,(H,16,18). The summed E-state index contributed by atoms with van der Waals surface area (Å²) < 4.78 is 5.09. The normalized spacial score (nSPS) is 20.2. The Kier molecular flexibility index (Phi) is 5.36. The molecule has 1 amide bonds. The van der Waals surface area contributed by atoms with Gasteiger partial charge in [0.25, 0.3) is 0 Å². The molecular formula is C15H22N2O2. The van der Waals surface area contributed by atoms with Crippen molar-refractivity contribution in [3.8, 4) is 0 Å². The van der Waals surface area contributed by atoms with Crippen LogP contribution in [0.3, 0.4) is 0 Å². The first kappa shape index (κ1) is 14.0. The number of nitrogens with one attached hydrogen (secondary N) is 1. The van der Waals surface area contributed by atoms with Crippen LogP contribution >= 0.6 is 0 Å². The maximum absolute atomic E-state index is 12.2. The van der Waals surface area contributed by atoms with E-state index >= 15 is 0 Å². The second kappa shape index (κ2) is 7.26. The summed E-state index contributed by atoms with van der Waals surface area (Å²) in [7, 11) is 1.71. The SMILES string of the molecule is COCCN1CCCC(C(=O)Nc2ccccc2)C1. The van der Waals surface area contributed by atoms with Crippen LogP contribution in [0, 0.1) is 5.92 Å². The van der Waals surface area contributed by atoms with Gasteiger partial charge in [-0.05, 0) is 31.5 Å². The fourth-order valence-electron chi connectivity index (χ4n) is 2.46. The first-order valence-electron chi connectivity index (χ1n) is 6.87. The number of hydrogen-bond donors (Lipinski definition) is 1. The van der Waals surface area contributed by atoms with Gasteiger partial charge in [0.2, 0.25) is 5.91 Å². The zero-order valence-electron chi connectivity index (χ0n) is 11.5. The van der Waals surface area contributed by atoms with Gasteiger partial charge in [-0.25, -0.2) is 0 Å². The van der Waals surface area contributed by atoms with Gasteiger partial charge in [-0.2, -0.15) is 0 Å². The largest absolute Gasteiger partial charge is 0.383 e. The van der Waals surface area contributed by atoms with Crippen molar-refractivity contribution in [1.82, 2.24) is 4.90 Å². The van der Waals surface area contributed by atoms with Crippen molar-refractivity contribution in [3.05, 3.63) is 30.3 Å². The highest BCUT2D eigenvalue weighted by molar-refractivity contribution is 5.92. The zero-order valence-corrected chi connectivity index (χ0v) is 11.5. The number of carbonyl (C=O) groups is 1. The minimum absolute atomic E-state index is 0.0887. The van der Waals surface area contributed by atoms with E-state index in [1.807, 2.05) is 30.3 Å². The van der Waals surface area contributed by atoms with Gasteiger partial charge < -0.3 is 15.0 Å². The molecule has 0 radical (unpaired) electrons. The quantitative estimate of drug-likeness (QED) is 0.882. The molecule has 19 heavy (non-hydrogen) atoms. The molecule has 1 saturated heterocycles. The van der Waals surface area contributed by atoms with Crippen LogP contribution < -0.4 is 5.32 Å². The van der Waals surface area contributed by atoms with Crippen LogP contribution in [0.5, 0.6) is 0 Å². The number of rotatable bonds is 5. The Balaban J connectivity index is 1.85. The lowest BCUT2D eigenvalue weighted by atomic mass is 9.97. The summed E-state index contributed by atoms with van der Waals surface area (Å²) in [5.74, 6) is 0.221. The molecule has 4 heteroatoms. The molecule has 1 heterocycles. The molecule has 0 aromatic heterocycles. The summed E-state index contributed by atoms with van der Waals surface area (Å²) in [4.78, 5) is 14.5. The Morgan fingerprint density at radius 2 is 2.21 bits per heavy atom. The number of anilines is 1. The number of benzene rings is 1. The average molecular weight is 262 g/mol.